The van der Waals surface area contributed by atoms with Crippen molar-refractivity contribution in [2.45, 2.75) is 33.7 Å². The predicted octanol–water partition coefficient (Wildman–Crippen LogP) is -0.284. The van der Waals surface area contributed by atoms with Gasteiger partial charge in [0.05, 0.1) is 12.2 Å². The Morgan fingerprint density at radius 3 is 2.61 bits per heavy atom. The number of likely N-dealkylation sites (N-methyl/N-ethyl adjacent to an activating group) is 1. The van der Waals surface area contributed by atoms with E-state index in [-0.39, 0.29) is 24.6 Å². The lowest BCUT2D eigenvalue weighted by Crippen LogP contribution is -2.41. The first-order chi connectivity index (χ1) is 10.8. The fourth-order valence-electron chi connectivity index (χ4n) is 1.88. The third-order valence-electron chi connectivity index (χ3n) is 3.41. The van der Waals surface area contributed by atoms with Crippen LogP contribution in [0.3, 0.4) is 0 Å². The number of hydrogen-bond acceptors (Lipinski definition) is 5. The molecule has 0 fully saturated rings. The molecule has 0 aliphatic rings. The van der Waals surface area contributed by atoms with Crippen molar-refractivity contribution in [3.8, 4) is 6.07 Å². The lowest BCUT2D eigenvalue weighted by atomic mass is 10.1. The zero-order valence-electron chi connectivity index (χ0n) is 13.8. The number of aromatic nitrogens is 2. The van der Waals surface area contributed by atoms with Crippen molar-refractivity contribution in [3.63, 3.8) is 0 Å². The van der Waals surface area contributed by atoms with E-state index in [1.54, 1.807) is 13.8 Å². The number of rotatable bonds is 6. The molecular formula is C15H21N5O3. The van der Waals surface area contributed by atoms with Gasteiger partial charge in [-0.2, -0.15) is 10.4 Å². The zero-order chi connectivity index (χ0) is 17.6. The van der Waals surface area contributed by atoms with Crippen molar-refractivity contribution in [1.29, 1.82) is 5.26 Å². The molecule has 124 valence electrons. The lowest BCUT2D eigenvalue weighted by Gasteiger charge is -2.17. The SMILES string of the molecule is CCCNC(=O)CN(C)C(=O)Cn1nc(C)c(C)c(C#N)c1=O. The highest BCUT2D eigenvalue weighted by molar-refractivity contribution is 5.84. The molecule has 0 unspecified atom stereocenters. The Morgan fingerprint density at radius 2 is 2.04 bits per heavy atom. The number of nitriles is 1. The van der Waals surface area contributed by atoms with Gasteiger partial charge in [0.15, 0.2) is 0 Å². The fraction of sp³-hybridized carbons (Fsp3) is 0.533. The van der Waals surface area contributed by atoms with Crippen LogP contribution in [-0.4, -0.2) is 46.6 Å². The first kappa shape index (κ1) is 18.4. The quantitative estimate of drug-likeness (QED) is 0.775. The number of amides is 2. The van der Waals surface area contributed by atoms with Crippen LogP contribution in [0.4, 0.5) is 0 Å². The van der Waals surface area contributed by atoms with Gasteiger partial charge in [-0.05, 0) is 25.8 Å². The largest absolute Gasteiger partial charge is 0.355 e. The summed E-state index contributed by atoms with van der Waals surface area (Å²) in [7, 11) is 1.48. The second-order valence-electron chi connectivity index (χ2n) is 5.26. The minimum Gasteiger partial charge on any atom is -0.355 e. The van der Waals surface area contributed by atoms with E-state index in [0.717, 1.165) is 11.1 Å². The summed E-state index contributed by atoms with van der Waals surface area (Å²) in [5, 5.41) is 15.8. The molecule has 0 saturated heterocycles. The molecule has 23 heavy (non-hydrogen) atoms. The van der Waals surface area contributed by atoms with Crippen molar-refractivity contribution < 1.29 is 9.59 Å². The summed E-state index contributed by atoms with van der Waals surface area (Å²) in [6.45, 7) is 5.37. The van der Waals surface area contributed by atoms with Crippen LogP contribution in [0.5, 0.6) is 0 Å². The van der Waals surface area contributed by atoms with Crippen LogP contribution in [0, 0.1) is 25.2 Å². The van der Waals surface area contributed by atoms with Gasteiger partial charge in [-0.15, -0.1) is 0 Å². The molecule has 1 rings (SSSR count). The number of nitrogens with one attached hydrogen (secondary N) is 1. The Morgan fingerprint density at radius 1 is 1.39 bits per heavy atom. The molecule has 0 aromatic carbocycles. The summed E-state index contributed by atoms with van der Waals surface area (Å²) in [5.41, 5.74) is 0.396. The Hall–Kier alpha value is -2.69. The van der Waals surface area contributed by atoms with E-state index in [9.17, 15) is 14.4 Å². The van der Waals surface area contributed by atoms with Crippen LogP contribution in [-0.2, 0) is 16.1 Å². The number of nitrogens with zero attached hydrogens (tertiary/aromatic N) is 4. The molecule has 2 amide bonds. The Bertz CT molecular complexity index is 702. The van der Waals surface area contributed by atoms with Gasteiger partial charge in [-0.3, -0.25) is 14.4 Å². The van der Waals surface area contributed by atoms with Gasteiger partial charge < -0.3 is 10.2 Å². The molecule has 1 aromatic rings. The van der Waals surface area contributed by atoms with Crippen molar-refractivity contribution in [3.05, 3.63) is 27.2 Å². The molecule has 0 saturated carbocycles. The molecule has 8 nitrogen and oxygen atoms in total. The van der Waals surface area contributed by atoms with E-state index in [2.05, 4.69) is 10.4 Å². The van der Waals surface area contributed by atoms with Crippen LogP contribution in [0.2, 0.25) is 0 Å². The summed E-state index contributed by atoms with van der Waals surface area (Å²) >= 11 is 0. The maximum Gasteiger partial charge on any atom is 0.285 e. The Kier molecular flexibility index (Phi) is 6.45. The summed E-state index contributed by atoms with van der Waals surface area (Å²) in [5.74, 6) is -0.695. The van der Waals surface area contributed by atoms with Crippen molar-refractivity contribution in [1.82, 2.24) is 20.0 Å². The van der Waals surface area contributed by atoms with Crippen LogP contribution in [0.1, 0.15) is 30.2 Å². The standard InChI is InChI=1S/C15H21N5O3/c1-5-6-17-13(21)8-19(4)14(22)9-20-15(23)12(7-16)10(2)11(3)18-20/h5-6,8-9H2,1-4H3,(H,17,21). The second-order valence-corrected chi connectivity index (χ2v) is 5.26. The van der Waals surface area contributed by atoms with E-state index in [0.29, 0.717) is 17.8 Å². The van der Waals surface area contributed by atoms with Crippen LogP contribution < -0.4 is 10.9 Å². The van der Waals surface area contributed by atoms with Gasteiger partial charge in [-0.25, -0.2) is 4.68 Å². The van der Waals surface area contributed by atoms with Crippen LogP contribution >= 0.6 is 0 Å². The Labute approximate surface area is 134 Å². The zero-order valence-corrected chi connectivity index (χ0v) is 13.8. The molecule has 1 heterocycles. The topological polar surface area (TPSA) is 108 Å². The van der Waals surface area contributed by atoms with E-state index in [1.807, 2.05) is 13.0 Å². The molecule has 1 aromatic heterocycles. The highest BCUT2D eigenvalue weighted by Crippen LogP contribution is 2.04. The van der Waals surface area contributed by atoms with Gasteiger partial charge in [-0.1, -0.05) is 6.92 Å². The van der Waals surface area contributed by atoms with Gasteiger partial charge in [0, 0.05) is 13.6 Å². The third-order valence-corrected chi connectivity index (χ3v) is 3.41. The average Bonchev–Trinajstić information content (AvgIpc) is 2.51. The first-order valence-electron chi connectivity index (χ1n) is 7.30. The summed E-state index contributed by atoms with van der Waals surface area (Å²) < 4.78 is 0.962. The molecule has 0 spiro atoms. The average molecular weight is 319 g/mol. The molecule has 1 N–H and O–H groups in total. The van der Waals surface area contributed by atoms with Crippen LogP contribution in [0.15, 0.2) is 4.79 Å². The second kappa shape index (κ2) is 8.08. The number of carbonyl (C=O) groups excluding carboxylic acids is 2. The normalized spacial score (nSPS) is 10.0. The fourth-order valence-corrected chi connectivity index (χ4v) is 1.88. The molecule has 0 bridgehead atoms. The third kappa shape index (κ3) is 4.64. The van der Waals surface area contributed by atoms with Gasteiger partial charge in [0.2, 0.25) is 11.8 Å². The molecule has 8 heteroatoms. The van der Waals surface area contributed by atoms with E-state index < -0.39 is 11.5 Å². The number of carbonyl (C=O) groups is 2. The molecule has 0 atom stereocenters. The maximum absolute atomic E-state index is 12.1. The van der Waals surface area contributed by atoms with Crippen molar-refractivity contribution in [2.24, 2.45) is 0 Å². The van der Waals surface area contributed by atoms with Gasteiger partial charge in [0.1, 0.15) is 18.2 Å². The maximum atomic E-state index is 12.1. The summed E-state index contributed by atoms with van der Waals surface area (Å²) in [6.07, 6.45) is 0.808. The monoisotopic (exact) mass is 319 g/mol. The van der Waals surface area contributed by atoms with Gasteiger partial charge in [0.25, 0.3) is 5.56 Å². The predicted molar refractivity (Wildman–Crippen MR) is 83.6 cm³/mol. The summed E-state index contributed by atoms with van der Waals surface area (Å²) in [4.78, 5) is 37.1. The summed E-state index contributed by atoms with van der Waals surface area (Å²) in [6, 6.07) is 1.84. The van der Waals surface area contributed by atoms with E-state index in [4.69, 9.17) is 5.26 Å². The van der Waals surface area contributed by atoms with Crippen molar-refractivity contribution in [2.75, 3.05) is 20.1 Å². The minimum absolute atomic E-state index is 0.0198. The van der Waals surface area contributed by atoms with E-state index in [1.165, 1.54) is 11.9 Å². The first-order valence-corrected chi connectivity index (χ1v) is 7.30. The Balaban J connectivity index is 2.86. The lowest BCUT2D eigenvalue weighted by molar-refractivity contribution is -0.135. The molecule has 0 radical (unpaired) electrons. The van der Waals surface area contributed by atoms with Crippen LogP contribution in [0.25, 0.3) is 0 Å². The molecule has 0 aliphatic heterocycles. The highest BCUT2D eigenvalue weighted by Gasteiger charge is 2.17. The number of aryl methyl sites for hydroxylation is 1. The van der Waals surface area contributed by atoms with E-state index >= 15 is 0 Å². The smallest absolute Gasteiger partial charge is 0.285 e. The minimum atomic E-state index is -0.604. The molecule has 0 aliphatic carbocycles. The highest BCUT2D eigenvalue weighted by atomic mass is 16.2. The van der Waals surface area contributed by atoms with Gasteiger partial charge >= 0.3 is 0 Å². The molecular weight excluding hydrogens is 298 g/mol. The number of hydrogen-bond donors (Lipinski definition) is 1. The van der Waals surface area contributed by atoms with Crippen molar-refractivity contribution >= 4 is 11.8 Å².